The third-order valence-corrected chi connectivity index (χ3v) is 3.88. The fourth-order valence-electron chi connectivity index (χ4n) is 3.20. The SMILES string of the molecule is C=C/C=C\C1CC=CC2=C1C(C)(C)CCC2. The van der Waals surface area contributed by atoms with Crippen molar-refractivity contribution in [2.45, 2.75) is 39.5 Å². The molecule has 1 unspecified atom stereocenters. The molecule has 0 radical (unpaired) electrons. The quantitative estimate of drug-likeness (QED) is 0.579. The summed E-state index contributed by atoms with van der Waals surface area (Å²) >= 11 is 0. The molecule has 0 nitrogen and oxygen atoms in total. The molecule has 0 heterocycles. The maximum atomic E-state index is 3.76. The Balaban J connectivity index is 2.37. The zero-order valence-electron chi connectivity index (χ0n) is 10.5. The molecule has 0 amide bonds. The Hall–Kier alpha value is -1.04. The molecule has 86 valence electrons. The van der Waals surface area contributed by atoms with Crippen molar-refractivity contribution in [2.75, 3.05) is 0 Å². The molecule has 0 bridgehead atoms. The largest absolute Gasteiger partial charge is 0.0991 e. The van der Waals surface area contributed by atoms with Crippen molar-refractivity contribution < 1.29 is 0 Å². The minimum atomic E-state index is 0.383. The van der Waals surface area contributed by atoms with Gasteiger partial charge < -0.3 is 0 Å². The first-order chi connectivity index (χ1) is 7.65. The first-order valence-electron chi connectivity index (χ1n) is 6.34. The van der Waals surface area contributed by atoms with Gasteiger partial charge in [-0.1, -0.05) is 56.4 Å². The van der Waals surface area contributed by atoms with Gasteiger partial charge in [0, 0.05) is 5.92 Å². The average molecular weight is 214 g/mol. The summed E-state index contributed by atoms with van der Waals surface area (Å²) in [5, 5.41) is 0. The molecule has 0 heteroatoms. The van der Waals surface area contributed by atoms with Crippen LogP contribution in [-0.4, -0.2) is 0 Å². The summed E-state index contributed by atoms with van der Waals surface area (Å²) < 4.78 is 0. The van der Waals surface area contributed by atoms with Crippen molar-refractivity contribution in [2.24, 2.45) is 11.3 Å². The third-order valence-electron chi connectivity index (χ3n) is 3.88. The Labute approximate surface area is 99.4 Å². The number of hydrogen-bond acceptors (Lipinski definition) is 0. The van der Waals surface area contributed by atoms with Crippen LogP contribution in [0, 0.1) is 11.3 Å². The van der Waals surface area contributed by atoms with E-state index in [2.05, 4.69) is 44.7 Å². The van der Waals surface area contributed by atoms with Crippen molar-refractivity contribution in [3.8, 4) is 0 Å². The zero-order chi connectivity index (χ0) is 11.6. The lowest BCUT2D eigenvalue weighted by atomic mass is 9.65. The normalized spacial score (nSPS) is 28.2. The number of rotatable bonds is 2. The van der Waals surface area contributed by atoms with E-state index in [0.717, 1.165) is 6.42 Å². The summed E-state index contributed by atoms with van der Waals surface area (Å²) in [6.45, 7) is 8.56. The fourth-order valence-corrected chi connectivity index (χ4v) is 3.20. The molecule has 0 N–H and O–H groups in total. The van der Waals surface area contributed by atoms with Crippen LogP contribution < -0.4 is 0 Å². The fraction of sp³-hybridized carbons (Fsp3) is 0.500. The van der Waals surface area contributed by atoms with Crippen molar-refractivity contribution in [1.29, 1.82) is 0 Å². The van der Waals surface area contributed by atoms with Crippen LogP contribution in [0.5, 0.6) is 0 Å². The predicted octanol–water partition coefficient (Wildman–Crippen LogP) is 4.81. The van der Waals surface area contributed by atoms with Gasteiger partial charge in [-0.15, -0.1) is 0 Å². The summed E-state index contributed by atoms with van der Waals surface area (Å²) in [5.74, 6) is 0.605. The number of hydrogen-bond donors (Lipinski definition) is 0. The molecular weight excluding hydrogens is 192 g/mol. The second kappa shape index (κ2) is 4.45. The lowest BCUT2D eigenvalue weighted by Crippen LogP contribution is -2.26. The van der Waals surface area contributed by atoms with Gasteiger partial charge in [-0.2, -0.15) is 0 Å². The van der Waals surface area contributed by atoms with Gasteiger partial charge in [0.1, 0.15) is 0 Å². The van der Waals surface area contributed by atoms with Gasteiger partial charge in [-0.25, -0.2) is 0 Å². The highest BCUT2D eigenvalue weighted by Gasteiger charge is 2.33. The maximum Gasteiger partial charge on any atom is 0.00257 e. The molecule has 2 aliphatic rings. The monoisotopic (exact) mass is 214 g/mol. The van der Waals surface area contributed by atoms with Gasteiger partial charge in [-0.05, 0) is 36.7 Å². The molecule has 16 heavy (non-hydrogen) atoms. The van der Waals surface area contributed by atoms with Crippen LogP contribution in [0.25, 0.3) is 0 Å². The lowest BCUT2D eigenvalue weighted by Gasteiger charge is -2.39. The molecule has 2 rings (SSSR count). The molecular formula is C16H22. The van der Waals surface area contributed by atoms with E-state index in [1.165, 1.54) is 19.3 Å². The van der Waals surface area contributed by atoms with E-state index in [0.29, 0.717) is 11.3 Å². The average Bonchev–Trinajstić information content (AvgIpc) is 2.25. The van der Waals surface area contributed by atoms with Crippen LogP contribution in [0.2, 0.25) is 0 Å². The molecule has 0 saturated carbocycles. The first-order valence-corrected chi connectivity index (χ1v) is 6.34. The molecule has 0 aromatic heterocycles. The second-order valence-corrected chi connectivity index (χ2v) is 5.54. The van der Waals surface area contributed by atoms with Gasteiger partial charge in [-0.3, -0.25) is 0 Å². The van der Waals surface area contributed by atoms with E-state index in [4.69, 9.17) is 0 Å². The van der Waals surface area contributed by atoms with Gasteiger partial charge in [0.15, 0.2) is 0 Å². The Bertz CT molecular complexity index is 363. The molecule has 0 aromatic rings. The molecule has 2 aliphatic carbocycles. The minimum absolute atomic E-state index is 0.383. The van der Waals surface area contributed by atoms with Crippen LogP contribution in [0.15, 0.2) is 48.1 Å². The summed E-state index contributed by atoms with van der Waals surface area (Å²) in [5.41, 5.74) is 3.66. The van der Waals surface area contributed by atoms with E-state index < -0.39 is 0 Å². The van der Waals surface area contributed by atoms with Gasteiger partial charge in [0.05, 0.1) is 0 Å². The van der Waals surface area contributed by atoms with E-state index in [9.17, 15) is 0 Å². The maximum absolute atomic E-state index is 3.76. The van der Waals surface area contributed by atoms with Crippen molar-refractivity contribution in [3.05, 3.63) is 48.1 Å². The minimum Gasteiger partial charge on any atom is -0.0991 e. The van der Waals surface area contributed by atoms with E-state index in [1.54, 1.807) is 11.1 Å². The summed E-state index contributed by atoms with van der Waals surface area (Å²) in [7, 11) is 0. The van der Waals surface area contributed by atoms with Crippen molar-refractivity contribution in [1.82, 2.24) is 0 Å². The van der Waals surface area contributed by atoms with Crippen LogP contribution in [-0.2, 0) is 0 Å². The van der Waals surface area contributed by atoms with Crippen molar-refractivity contribution in [3.63, 3.8) is 0 Å². The highest BCUT2D eigenvalue weighted by Crippen LogP contribution is 2.47. The van der Waals surface area contributed by atoms with Gasteiger partial charge in [0.25, 0.3) is 0 Å². The van der Waals surface area contributed by atoms with Crippen LogP contribution in [0.3, 0.4) is 0 Å². The Morgan fingerprint density at radius 1 is 1.44 bits per heavy atom. The predicted molar refractivity (Wildman–Crippen MR) is 71.2 cm³/mol. The molecule has 0 spiro atoms. The lowest BCUT2D eigenvalue weighted by molar-refractivity contribution is 0.337. The molecule has 0 aromatic carbocycles. The highest BCUT2D eigenvalue weighted by atomic mass is 14.4. The topological polar surface area (TPSA) is 0 Å². The molecule has 1 atom stereocenters. The Morgan fingerprint density at radius 2 is 2.25 bits per heavy atom. The molecule has 0 aliphatic heterocycles. The third kappa shape index (κ3) is 2.07. The van der Waals surface area contributed by atoms with Crippen LogP contribution in [0.4, 0.5) is 0 Å². The van der Waals surface area contributed by atoms with Crippen LogP contribution in [0.1, 0.15) is 39.5 Å². The summed E-state index contributed by atoms with van der Waals surface area (Å²) in [4.78, 5) is 0. The van der Waals surface area contributed by atoms with Gasteiger partial charge >= 0.3 is 0 Å². The Morgan fingerprint density at radius 3 is 3.00 bits per heavy atom. The second-order valence-electron chi connectivity index (χ2n) is 5.54. The molecule has 0 fully saturated rings. The zero-order valence-corrected chi connectivity index (χ0v) is 10.5. The van der Waals surface area contributed by atoms with E-state index in [-0.39, 0.29) is 0 Å². The standard InChI is InChI=1S/C16H22/c1-4-5-8-13-9-6-10-14-11-7-12-16(2,3)15(13)14/h4-6,8,10,13H,1,7,9,11-12H2,2-3H3/b8-5-. The van der Waals surface area contributed by atoms with E-state index in [1.807, 2.05) is 6.08 Å². The first kappa shape index (κ1) is 11.4. The van der Waals surface area contributed by atoms with Crippen LogP contribution >= 0.6 is 0 Å². The molecule has 0 saturated heterocycles. The number of allylic oxidation sites excluding steroid dienone is 7. The summed E-state index contributed by atoms with van der Waals surface area (Å²) in [6, 6.07) is 0. The Kier molecular flexibility index (Phi) is 3.18. The highest BCUT2D eigenvalue weighted by molar-refractivity contribution is 5.39. The smallest absolute Gasteiger partial charge is 0.00257 e. The van der Waals surface area contributed by atoms with Crippen molar-refractivity contribution >= 4 is 0 Å². The van der Waals surface area contributed by atoms with E-state index >= 15 is 0 Å². The van der Waals surface area contributed by atoms with Gasteiger partial charge in [0.2, 0.25) is 0 Å². The summed E-state index contributed by atoms with van der Waals surface area (Å²) in [6.07, 6.45) is 16.1.